The van der Waals surface area contributed by atoms with Crippen molar-refractivity contribution >= 4 is 18.1 Å². The molecule has 0 aromatic rings. The van der Waals surface area contributed by atoms with E-state index in [1.54, 1.807) is 0 Å². The van der Waals surface area contributed by atoms with Crippen LogP contribution in [0.3, 0.4) is 0 Å². The first-order valence-electron chi connectivity index (χ1n) is 7.62. The summed E-state index contributed by atoms with van der Waals surface area (Å²) < 4.78 is 27.7. The van der Waals surface area contributed by atoms with E-state index in [9.17, 15) is 4.21 Å². The van der Waals surface area contributed by atoms with Crippen molar-refractivity contribution in [2.75, 3.05) is 0 Å². The molecule has 6 heteroatoms. The van der Waals surface area contributed by atoms with Crippen LogP contribution in [0.4, 0.5) is 0 Å². The van der Waals surface area contributed by atoms with Crippen LogP contribution < -0.4 is 4.72 Å². The van der Waals surface area contributed by atoms with Crippen molar-refractivity contribution < 1.29 is 13.5 Å². The largest absolute Gasteiger partial charge is 0.477 e. The molecule has 1 aliphatic heterocycles. The predicted molar refractivity (Wildman–Crippen MR) is 90.4 cm³/mol. The molecule has 4 nitrogen and oxygen atoms in total. The van der Waals surface area contributed by atoms with E-state index in [0.29, 0.717) is 0 Å². The van der Waals surface area contributed by atoms with Gasteiger partial charge in [0.2, 0.25) is 0 Å². The zero-order valence-electron chi connectivity index (χ0n) is 15.3. The Morgan fingerprint density at radius 1 is 0.952 bits per heavy atom. The molecular weight excluding hydrogens is 285 g/mol. The second kappa shape index (κ2) is 5.62. The minimum absolute atomic E-state index is 0.137. The monoisotopic (exact) mass is 317 g/mol. The maximum absolute atomic E-state index is 12.5. The molecule has 1 aliphatic rings. The van der Waals surface area contributed by atoms with E-state index in [0.717, 1.165) is 0 Å². The van der Waals surface area contributed by atoms with Crippen molar-refractivity contribution in [1.29, 1.82) is 0 Å². The summed E-state index contributed by atoms with van der Waals surface area (Å²) in [5.74, 6) is -0.154. The summed E-state index contributed by atoms with van der Waals surface area (Å²) in [6, 6.07) is 0. The van der Waals surface area contributed by atoms with Crippen LogP contribution in [-0.4, -0.2) is 33.2 Å². The molecule has 0 spiro atoms. The van der Waals surface area contributed by atoms with Crippen molar-refractivity contribution in [3.8, 4) is 0 Å². The van der Waals surface area contributed by atoms with Gasteiger partial charge in [0.1, 0.15) is 0 Å². The highest BCUT2D eigenvalue weighted by atomic mass is 32.2. The molecule has 21 heavy (non-hydrogen) atoms. The molecule has 0 amide bonds. The van der Waals surface area contributed by atoms with Gasteiger partial charge in [-0.3, -0.25) is 0 Å². The number of rotatable bonds is 3. The van der Waals surface area contributed by atoms with Crippen molar-refractivity contribution in [1.82, 2.24) is 4.72 Å². The van der Waals surface area contributed by atoms with E-state index in [4.69, 9.17) is 9.31 Å². The smallest absolute Gasteiger partial charge is 0.402 e. The highest BCUT2D eigenvalue weighted by molar-refractivity contribution is 7.84. The second-order valence-corrected chi connectivity index (χ2v) is 11.0. The van der Waals surface area contributed by atoms with Crippen LogP contribution in [0, 0.1) is 5.41 Å². The topological polar surface area (TPSA) is 47.6 Å². The second-order valence-electron chi connectivity index (χ2n) is 8.97. The first-order valence-corrected chi connectivity index (χ1v) is 8.77. The first-order chi connectivity index (χ1) is 9.08. The standard InChI is InChI=1S/C15H32BNO3S/c1-12(2,3)11(17-21(18)13(4,5)6)16-19-14(7,8)15(9,10)20-16/h11,17H,1-10H3/t11-,21?/m0/s1. The van der Waals surface area contributed by atoms with E-state index in [1.807, 2.05) is 48.5 Å². The summed E-state index contributed by atoms with van der Waals surface area (Å²) in [5, 5.41) is 0. The maximum Gasteiger partial charge on any atom is 0.477 e. The van der Waals surface area contributed by atoms with Gasteiger partial charge < -0.3 is 9.31 Å². The maximum atomic E-state index is 12.5. The molecule has 0 aliphatic carbocycles. The Bertz CT molecular complexity index is 394. The molecule has 0 aromatic heterocycles. The van der Waals surface area contributed by atoms with E-state index in [-0.39, 0.29) is 27.3 Å². The molecule has 2 atom stereocenters. The number of nitrogens with one attached hydrogen (secondary N) is 1. The Labute approximate surface area is 133 Å². The van der Waals surface area contributed by atoms with Crippen molar-refractivity contribution in [2.24, 2.45) is 5.41 Å². The molecule has 0 bridgehead atoms. The van der Waals surface area contributed by atoms with Gasteiger partial charge in [-0.25, -0.2) is 8.93 Å². The summed E-state index contributed by atoms with van der Waals surface area (Å²) in [6.07, 6.45) is 0. The van der Waals surface area contributed by atoms with Gasteiger partial charge in [-0.2, -0.15) is 0 Å². The van der Waals surface area contributed by atoms with Crippen molar-refractivity contribution in [2.45, 2.75) is 91.1 Å². The molecule has 0 saturated carbocycles. The summed E-state index contributed by atoms with van der Waals surface area (Å²) in [4.78, 5) is 0. The molecule has 124 valence electrons. The summed E-state index contributed by atoms with van der Waals surface area (Å²) in [5.41, 5.74) is -0.903. The van der Waals surface area contributed by atoms with Gasteiger partial charge in [0, 0.05) is 0 Å². The average molecular weight is 317 g/mol. The minimum atomic E-state index is -1.17. The van der Waals surface area contributed by atoms with Crippen molar-refractivity contribution in [3.05, 3.63) is 0 Å². The van der Waals surface area contributed by atoms with Gasteiger partial charge in [0.05, 0.1) is 32.9 Å². The normalized spacial score (nSPS) is 25.0. The van der Waals surface area contributed by atoms with E-state index in [1.165, 1.54) is 0 Å². The van der Waals surface area contributed by atoms with Gasteiger partial charge in [-0.1, -0.05) is 20.8 Å². The molecule has 1 saturated heterocycles. The van der Waals surface area contributed by atoms with Crippen LogP contribution in [0.5, 0.6) is 0 Å². The summed E-state index contributed by atoms with van der Waals surface area (Å²) >= 11 is 0. The van der Waals surface area contributed by atoms with Crippen LogP contribution in [0.2, 0.25) is 0 Å². The molecule has 1 fully saturated rings. The summed E-state index contributed by atoms with van der Waals surface area (Å²) in [7, 11) is -1.58. The van der Waals surface area contributed by atoms with Crippen molar-refractivity contribution in [3.63, 3.8) is 0 Å². The zero-order valence-corrected chi connectivity index (χ0v) is 16.1. The Morgan fingerprint density at radius 3 is 1.62 bits per heavy atom. The zero-order chi connectivity index (χ0) is 16.9. The van der Waals surface area contributed by atoms with Gasteiger partial charge in [0.15, 0.2) is 0 Å². The molecule has 1 N–H and O–H groups in total. The summed E-state index contributed by atoms with van der Waals surface area (Å²) in [6.45, 7) is 20.3. The molecule has 0 radical (unpaired) electrons. The Morgan fingerprint density at radius 2 is 1.33 bits per heavy atom. The van der Waals surface area contributed by atoms with Crippen LogP contribution in [-0.2, 0) is 20.3 Å². The van der Waals surface area contributed by atoms with E-state index in [2.05, 4.69) is 25.5 Å². The molecule has 1 unspecified atom stereocenters. The third-order valence-corrected chi connectivity index (χ3v) is 5.85. The molecule has 1 heterocycles. The fraction of sp³-hybridized carbons (Fsp3) is 1.00. The van der Waals surface area contributed by atoms with E-state index >= 15 is 0 Å². The van der Waals surface area contributed by atoms with Crippen LogP contribution >= 0.6 is 0 Å². The Hall–Kier alpha value is 0.0949. The minimum Gasteiger partial charge on any atom is -0.402 e. The third-order valence-electron chi connectivity index (χ3n) is 4.27. The third kappa shape index (κ3) is 4.30. The Kier molecular flexibility index (Phi) is 5.13. The van der Waals surface area contributed by atoms with E-state index < -0.39 is 18.1 Å². The number of hydrogen-bond donors (Lipinski definition) is 1. The van der Waals surface area contributed by atoms with Gasteiger partial charge in [-0.05, 0) is 53.9 Å². The lowest BCUT2D eigenvalue weighted by atomic mass is 9.65. The number of hydrogen-bond acceptors (Lipinski definition) is 3. The van der Waals surface area contributed by atoms with Gasteiger partial charge in [0.25, 0.3) is 0 Å². The predicted octanol–water partition coefficient (Wildman–Crippen LogP) is 3.08. The fourth-order valence-corrected chi connectivity index (χ4v) is 3.01. The molecular formula is C15H32BNO3S. The highest BCUT2D eigenvalue weighted by Crippen LogP contribution is 2.40. The van der Waals surface area contributed by atoms with Gasteiger partial charge in [-0.15, -0.1) is 0 Å². The lowest BCUT2D eigenvalue weighted by molar-refractivity contribution is 0.00578. The average Bonchev–Trinajstić information content (AvgIpc) is 2.40. The van der Waals surface area contributed by atoms with Crippen LogP contribution in [0.1, 0.15) is 69.2 Å². The quantitative estimate of drug-likeness (QED) is 0.814. The first kappa shape index (κ1) is 19.1. The lowest BCUT2D eigenvalue weighted by Gasteiger charge is -2.34. The van der Waals surface area contributed by atoms with Crippen LogP contribution in [0.25, 0.3) is 0 Å². The molecule has 1 rings (SSSR count). The molecule has 0 aromatic carbocycles. The Balaban J connectivity index is 3.00. The SMILES string of the molecule is CC(C)(C)[C@H](NS(=O)C(C)(C)C)B1OC(C)(C)C(C)(C)O1. The van der Waals surface area contributed by atoms with Crippen LogP contribution in [0.15, 0.2) is 0 Å². The fourth-order valence-electron chi connectivity index (χ4n) is 1.96. The van der Waals surface area contributed by atoms with Gasteiger partial charge >= 0.3 is 7.12 Å². The lowest BCUT2D eigenvalue weighted by Crippen LogP contribution is -2.55. The highest BCUT2D eigenvalue weighted by Gasteiger charge is 2.56.